The Morgan fingerprint density at radius 1 is 1.55 bits per heavy atom. The highest BCUT2D eigenvalue weighted by Gasteiger charge is 1.98. The van der Waals surface area contributed by atoms with Crippen LogP contribution in [0.15, 0.2) is 23.2 Å². The first kappa shape index (κ1) is 7.77. The maximum Gasteiger partial charge on any atom is 0.101 e. The molecule has 0 saturated carbocycles. The third-order valence-corrected chi connectivity index (χ3v) is 1.57. The zero-order valence-corrected chi connectivity index (χ0v) is 6.47. The van der Waals surface area contributed by atoms with Crippen molar-refractivity contribution in [1.82, 2.24) is 0 Å². The smallest absolute Gasteiger partial charge is 0.101 e. The third-order valence-electron chi connectivity index (χ3n) is 1.26. The standard InChI is InChI=1S/C8H5ClN2/c1-11-7-3-2-6(5-10)8(9)4-7/h2-4H,1H2. The molecule has 1 rings (SSSR count). The number of benzene rings is 1. The lowest BCUT2D eigenvalue weighted by Gasteiger charge is -1.94. The Balaban J connectivity index is 3.22. The van der Waals surface area contributed by atoms with Gasteiger partial charge in [-0.2, -0.15) is 5.26 Å². The molecule has 0 aromatic heterocycles. The van der Waals surface area contributed by atoms with Crippen LogP contribution >= 0.6 is 11.6 Å². The maximum absolute atomic E-state index is 8.50. The van der Waals surface area contributed by atoms with Gasteiger partial charge in [0.25, 0.3) is 0 Å². The van der Waals surface area contributed by atoms with E-state index in [0.717, 1.165) is 0 Å². The van der Waals surface area contributed by atoms with Crippen LogP contribution in [0.2, 0.25) is 5.02 Å². The predicted octanol–water partition coefficient (Wildman–Crippen LogP) is 2.54. The monoisotopic (exact) mass is 164 g/mol. The summed E-state index contributed by atoms with van der Waals surface area (Å²) in [6.07, 6.45) is 0. The first-order chi connectivity index (χ1) is 5.27. The normalized spacial score (nSPS) is 8.73. The Morgan fingerprint density at radius 3 is 2.73 bits per heavy atom. The molecule has 11 heavy (non-hydrogen) atoms. The van der Waals surface area contributed by atoms with Crippen molar-refractivity contribution in [2.45, 2.75) is 0 Å². The van der Waals surface area contributed by atoms with E-state index >= 15 is 0 Å². The molecule has 0 aliphatic heterocycles. The van der Waals surface area contributed by atoms with Gasteiger partial charge in [-0.1, -0.05) is 11.6 Å². The first-order valence-electron chi connectivity index (χ1n) is 2.94. The van der Waals surface area contributed by atoms with Gasteiger partial charge in [-0.25, -0.2) is 0 Å². The van der Waals surface area contributed by atoms with Gasteiger partial charge in [0.05, 0.1) is 16.3 Å². The van der Waals surface area contributed by atoms with E-state index in [1.807, 2.05) is 6.07 Å². The summed E-state index contributed by atoms with van der Waals surface area (Å²) < 4.78 is 0. The van der Waals surface area contributed by atoms with Crippen LogP contribution in [0.25, 0.3) is 0 Å². The molecule has 1 aromatic rings. The van der Waals surface area contributed by atoms with Gasteiger partial charge in [-0.05, 0) is 24.9 Å². The highest BCUT2D eigenvalue weighted by molar-refractivity contribution is 6.32. The molecule has 0 unspecified atom stereocenters. The summed E-state index contributed by atoms with van der Waals surface area (Å²) in [7, 11) is 0. The second-order valence-electron chi connectivity index (χ2n) is 1.93. The lowest BCUT2D eigenvalue weighted by atomic mass is 10.2. The van der Waals surface area contributed by atoms with Crippen LogP contribution < -0.4 is 0 Å². The molecule has 0 aliphatic carbocycles. The molecule has 0 bridgehead atoms. The van der Waals surface area contributed by atoms with Crippen LogP contribution in [0, 0.1) is 11.3 Å². The molecular weight excluding hydrogens is 160 g/mol. The van der Waals surface area contributed by atoms with Crippen molar-refractivity contribution in [2.24, 2.45) is 4.99 Å². The number of hydrogen-bond acceptors (Lipinski definition) is 2. The summed E-state index contributed by atoms with van der Waals surface area (Å²) in [5.74, 6) is 0. The Kier molecular flexibility index (Phi) is 2.25. The Hall–Kier alpha value is -1.33. The van der Waals surface area contributed by atoms with Gasteiger partial charge >= 0.3 is 0 Å². The Labute approximate surface area is 69.8 Å². The fourth-order valence-corrected chi connectivity index (χ4v) is 0.910. The van der Waals surface area contributed by atoms with E-state index in [4.69, 9.17) is 16.9 Å². The van der Waals surface area contributed by atoms with Crippen molar-refractivity contribution in [3.63, 3.8) is 0 Å². The first-order valence-corrected chi connectivity index (χ1v) is 3.32. The van der Waals surface area contributed by atoms with Gasteiger partial charge in [0.2, 0.25) is 0 Å². The summed E-state index contributed by atoms with van der Waals surface area (Å²) in [4.78, 5) is 3.66. The lowest BCUT2D eigenvalue weighted by Crippen LogP contribution is -1.74. The minimum absolute atomic E-state index is 0.414. The zero-order chi connectivity index (χ0) is 8.27. The van der Waals surface area contributed by atoms with E-state index in [1.165, 1.54) is 0 Å². The lowest BCUT2D eigenvalue weighted by molar-refractivity contribution is 1.47. The SMILES string of the molecule is C=Nc1ccc(C#N)c(Cl)c1. The summed E-state index contributed by atoms with van der Waals surface area (Å²) >= 11 is 5.70. The summed E-state index contributed by atoms with van der Waals surface area (Å²) in [5.41, 5.74) is 1.13. The van der Waals surface area contributed by atoms with E-state index in [2.05, 4.69) is 11.7 Å². The number of rotatable bonds is 1. The van der Waals surface area contributed by atoms with Crippen molar-refractivity contribution in [1.29, 1.82) is 5.26 Å². The predicted molar refractivity (Wildman–Crippen MR) is 45.4 cm³/mol. The van der Waals surface area contributed by atoms with Gasteiger partial charge in [-0.15, -0.1) is 0 Å². The molecule has 0 atom stereocenters. The minimum Gasteiger partial charge on any atom is -0.265 e. The Bertz CT molecular complexity index is 325. The molecule has 1 aromatic carbocycles. The summed E-state index contributed by atoms with van der Waals surface area (Å²) in [5, 5.41) is 8.92. The number of nitriles is 1. The van der Waals surface area contributed by atoms with Gasteiger partial charge in [0.15, 0.2) is 0 Å². The summed E-state index contributed by atoms with van der Waals surface area (Å²) in [6, 6.07) is 6.87. The fourth-order valence-electron chi connectivity index (χ4n) is 0.693. The molecule has 0 radical (unpaired) electrons. The number of halogens is 1. The van der Waals surface area contributed by atoms with E-state index < -0.39 is 0 Å². The van der Waals surface area contributed by atoms with Crippen LogP contribution in [-0.4, -0.2) is 6.72 Å². The van der Waals surface area contributed by atoms with Crippen LogP contribution in [0.4, 0.5) is 5.69 Å². The largest absolute Gasteiger partial charge is 0.265 e. The third kappa shape index (κ3) is 1.57. The van der Waals surface area contributed by atoms with E-state index in [0.29, 0.717) is 16.3 Å². The van der Waals surface area contributed by atoms with Crippen molar-refractivity contribution in [3.05, 3.63) is 28.8 Å². The molecule has 0 N–H and O–H groups in total. The van der Waals surface area contributed by atoms with Crippen LogP contribution in [0.3, 0.4) is 0 Å². The van der Waals surface area contributed by atoms with Crippen molar-refractivity contribution in [3.8, 4) is 6.07 Å². The quantitative estimate of drug-likeness (QED) is 0.588. The maximum atomic E-state index is 8.50. The molecule has 3 heteroatoms. The number of aliphatic imine (C=N–C) groups is 1. The van der Waals surface area contributed by atoms with Gasteiger partial charge in [-0.3, -0.25) is 4.99 Å². The van der Waals surface area contributed by atoms with Crippen molar-refractivity contribution >= 4 is 24.0 Å². The van der Waals surface area contributed by atoms with E-state index in [9.17, 15) is 0 Å². The van der Waals surface area contributed by atoms with Gasteiger partial charge in [0.1, 0.15) is 6.07 Å². The molecule has 0 saturated heterocycles. The average molecular weight is 165 g/mol. The van der Waals surface area contributed by atoms with Gasteiger partial charge in [0, 0.05) is 0 Å². The topological polar surface area (TPSA) is 36.1 Å². The van der Waals surface area contributed by atoms with E-state index in [-0.39, 0.29) is 0 Å². The average Bonchev–Trinajstić information content (AvgIpc) is 2.04. The number of hydrogen-bond donors (Lipinski definition) is 0. The minimum atomic E-state index is 0.414. The second kappa shape index (κ2) is 3.18. The van der Waals surface area contributed by atoms with Crippen LogP contribution in [0.1, 0.15) is 5.56 Å². The highest BCUT2D eigenvalue weighted by Crippen LogP contribution is 2.21. The summed E-state index contributed by atoms with van der Waals surface area (Å²) in [6.45, 7) is 3.34. The molecule has 0 fully saturated rings. The Morgan fingerprint density at radius 2 is 2.27 bits per heavy atom. The van der Waals surface area contributed by atoms with Crippen LogP contribution in [0.5, 0.6) is 0 Å². The molecule has 0 amide bonds. The molecule has 0 spiro atoms. The van der Waals surface area contributed by atoms with Crippen LogP contribution in [-0.2, 0) is 0 Å². The molecule has 54 valence electrons. The second-order valence-corrected chi connectivity index (χ2v) is 2.34. The molecule has 0 heterocycles. The highest BCUT2D eigenvalue weighted by atomic mass is 35.5. The van der Waals surface area contributed by atoms with E-state index in [1.54, 1.807) is 18.2 Å². The molecular formula is C8H5ClN2. The van der Waals surface area contributed by atoms with Crippen molar-refractivity contribution in [2.75, 3.05) is 0 Å². The zero-order valence-electron chi connectivity index (χ0n) is 5.71. The molecule has 0 aliphatic rings. The fraction of sp³-hybridized carbons (Fsp3) is 0. The van der Waals surface area contributed by atoms with Crippen molar-refractivity contribution < 1.29 is 0 Å². The van der Waals surface area contributed by atoms with Gasteiger partial charge < -0.3 is 0 Å². The molecule has 2 nitrogen and oxygen atoms in total. The number of nitrogens with zero attached hydrogens (tertiary/aromatic N) is 2.